The standard InChI is InChI=1S/C30H30N2O5/c1-6-36-24-13-7-21(8-14-24)27-17-37-30-19(3)29(35-5)25(16-26(27)30)18(2)15-28(34)32-23-11-9-22(10-12-23)31-20(4)33/h7-17H,6H2,1-5H3,(H,31,33)(H,32,34)/b18-15+. The molecule has 0 saturated heterocycles. The number of rotatable bonds is 8. The summed E-state index contributed by atoms with van der Waals surface area (Å²) in [6.45, 7) is 7.83. The number of methoxy groups -OCH3 is 1. The summed E-state index contributed by atoms with van der Waals surface area (Å²) in [5, 5.41) is 6.49. The van der Waals surface area contributed by atoms with E-state index in [2.05, 4.69) is 10.6 Å². The minimum Gasteiger partial charge on any atom is -0.496 e. The minimum atomic E-state index is -0.275. The third kappa shape index (κ3) is 5.67. The monoisotopic (exact) mass is 498 g/mol. The third-order valence-electron chi connectivity index (χ3n) is 5.97. The predicted octanol–water partition coefficient (Wildman–Crippen LogP) is 6.82. The number of hydrogen-bond donors (Lipinski definition) is 2. The Kier molecular flexibility index (Phi) is 7.63. The van der Waals surface area contributed by atoms with E-state index in [4.69, 9.17) is 13.9 Å². The molecule has 3 aromatic carbocycles. The Morgan fingerprint density at radius 3 is 2.22 bits per heavy atom. The molecule has 0 aliphatic heterocycles. The maximum Gasteiger partial charge on any atom is 0.248 e. The van der Waals surface area contributed by atoms with E-state index in [1.54, 1.807) is 43.7 Å². The zero-order valence-electron chi connectivity index (χ0n) is 21.6. The number of furan rings is 1. The van der Waals surface area contributed by atoms with Crippen LogP contribution in [0, 0.1) is 6.92 Å². The van der Waals surface area contributed by atoms with Gasteiger partial charge in [0.15, 0.2) is 0 Å². The van der Waals surface area contributed by atoms with Gasteiger partial charge in [0.1, 0.15) is 17.1 Å². The molecule has 37 heavy (non-hydrogen) atoms. The first-order chi connectivity index (χ1) is 17.8. The number of anilines is 2. The number of amides is 2. The summed E-state index contributed by atoms with van der Waals surface area (Å²) in [6, 6.07) is 16.8. The first-order valence-corrected chi connectivity index (χ1v) is 12.0. The molecule has 0 bridgehead atoms. The van der Waals surface area contributed by atoms with E-state index >= 15 is 0 Å². The van der Waals surface area contributed by atoms with Gasteiger partial charge in [0.25, 0.3) is 0 Å². The van der Waals surface area contributed by atoms with Gasteiger partial charge in [-0.25, -0.2) is 0 Å². The van der Waals surface area contributed by atoms with E-state index in [9.17, 15) is 9.59 Å². The lowest BCUT2D eigenvalue weighted by Gasteiger charge is -2.13. The molecule has 190 valence electrons. The Balaban J connectivity index is 1.65. The normalized spacial score (nSPS) is 11.3. The molecule has 2 amide bonds. The van der Waals surface area contributed by atoms with Crippen LogP contribution in [0.3, 0.4) is 0 Å². The fourth-order valence-electron chi connectivity index (χ4n) is 4.29. The highest BCUT2D eigenvalue weighted by Gasteiger charge is 2.19. The van der Waals surface area contributed by atoms with Crippen LogP contribution < -0.4 is 20.1 Å². The van der Waals surface area contributed by atoms with Crippen molar-refractivity contribution in [1.82, 2.24) is 0 Å². The number of carbonyl (C=O) groups excluding carboxylic acids is 2. The molecule has 0 atom stereocenters. The van der Waals surface area contributed by atoms with Gasteiger partial charge in [-0.2, -0.15) is 0 Å². The van der Waals surface area contributed by atoms with Gasteiger partial charge in [0.05, 0.1) is 20.0 Å². The van der Waals surface area contributed by atoms with Crippen LogP contribution in [-0.4, -0.2) is 25.5 Å². The summed E-state index contributed by atoms with van der Waals surface area (Å²) in [7, 11) is 1.61. The zero-order valence-corrected chi connectivity index (χ0v) is 21.6. The first-order valence-electron chi connectivity index (χ1n) is 12.0. The quantitative estimate of drug-likeness (QED) is 0.260. The number of benzene rings is 3. The molecule has 7 nitrogen and oxygen atoms in total. The summed E-state index contributed by atoms with van der Waals surface area (Å²) in [4.78, 5) is 24.0. The number of allylic oxidation sites excluding steroid dienone is 1. The highest BCUT2D eigenvalue weighted by Crippen LogP contribution is 2.40. The van der Waals surface area contributed by atoms with Crippen LogP contribution in [0.5, 0.6) is 11.5 Å². The van der Waals surface area contributed by atoms with Gasteiger partial charge in [-0.3, -0.25) is 9.59 Å². The molecule has 4 aromatic rings. The molecule has 4 rings (SSSR count). The number of nitrogens with one attached hydrogen (secondary N) is 2. The van der Waals surface area contributed by atoms with Crippen molar-refractivity contribution in [3.8, 4) is 22.6 Å². The minimum absolute atomic E-state index is 0.153. The van der Waals surface area contributed by atoms with Crippen LogP contribution in [0.15, 0.2) is 71.4 Å². The zero-order chi connectivity index (χ0) is 26.5. The van der Waals surface area contributed by atoms with Crippen LogP contribution in [0.2, 0.25) is 0 Å². The van der Waals surface area contributed by atoms with Gasteiger partial charge in [-0.1, -0.05) is 12.1 Å². The number of ether oxygens (including phenoxy) is 2. The fourth-order valence-corrected chi connectivity index (χ4v) is 4.29. The number of fused-ring (bicyclic) bond motifs is 1. The third-order valence-corrected chi connectivity index (χ3v) is 5.97. The molecule has 2 N–H and O–H groups in total. The Labute approximate surface area is 216 Å². The lowest BCUT2D eigenvalue weighted by Crippen LogP contribution is -2.09. The molecule has 0 radical (unpaired) electrons. The van der Waals surface area contributed by atoms with Crippen LogP contribution in [0.1, 0.15) is 31.9 Å². The van der Waals surface area contributed by atoms with Crippen molar-refractivity contribution in [2.45, 2.75) is 27.7 Å². The van der Waals surface area contributed by atoms with Gasteiger partial charge in [-0.05, 0) is 74.4 Å². The summed E-state index contributed by atoms with van der Waals surface area (Å²) in [5.74, 6) is 1.04. The van der Waals surface area contributed by atoms with Crippen molar-refractivity contribution in [3.63, 3.8) is 0 Å². The van der Waals surface area contributed by atoms with Crippen LogP contribution >= 0.6 is 0 Å². The highest BCUT2D eigenvalue weighted by molar-refractivity contribution is 6.06. The van der Waals surface area contributed by atoms with Gasteiger partial charge >= 0.3 is 0 Å². The summed E-state index contributed by atoms with van der Waals surface area (Å²) in [5.41, 5.74) is 6.37. The molecule has 1 heterocycles. The molecule has 0 saturated carbocycles. The maximum atomic E-state index is 12.8. The molecule has 7 heteroatoms. The lowest BCUT2D eigenvalue weighted by atomic mass is 9.96. The molecule has 1 aromatic heterocycles. The fraction of sp³-hybridized carbons (Fsp3) is 0.200. The van der Waals surface area contributed by atoms with Crippen molar-refractivity contribution in [2.75, 3.05) is 24.4 Å². The predicted molar refractivity (Wildman–Crippen MR) is 147 cm³/mol. The van der Waals surface area contributed by atoms with E-state index in [1.165, 1.54) is 6.92 Å². The molecular weight excluding hydrogens is 468 g/mol. The average molecular weight is 499 g/mol. The number of aryl methyl sites for hydroxylation is 1. The number of carbonyl (C=O) groups is 2. The van der Waals surface area contributed by atoms with E-state index in [0.717, 1.165) is 44.5 Å². The summed E-state index contributed by atoms with van der Waals surface area (Å²) >= 11 is 0. The Hall–Kier alpha value is -4.52. The van der Waals surface area contributed by atoms with Crippen molar-refractivity contribution in [3.05, 3.63) is 78.1 Å². The van der Waals surface area contributed by atoms with E-state index in [1.807, 2.05) is 51.1 Å². The second kappa shape index (κ2) is 11.0. The second-order valence-electron chi connectivity index (χ2n) is 8.64. The molecule has 0 aliphatic carbocycles. The first kappa shape index (κ1) is 25.6. The topological polar surface area (TPSA) is 89.8 Å². The SMILES string of the molecule is CCOc1ccc(-c2coc3c(C)c(OC)c(/C(C)=C/C(=O)Nc4ccc(NC(C)=O)cc4)cc23)cc1. The largest absolute Gasteiger partial charge is 0.496 e. The van der Waals surface area contributed by atoms with Crippen LogP contribution in [-0.2, 0) is 9.59 Å². The Bertz CT molecular complexity index is 1460. The van der Waals surface area contributed by atoms with Crippen LogP contribution in [0.4, 0.5) is 11.4 Å². The lowest BCUT2D eigenvalue weighted by molar-refractivity contribution is -0.114. The molecule has 0 unspecified atom stereocenters. The average Bonchev–Trinajstić information content (AvgIpc) is 3.30. The molecule has 0 aliphatic rings. The summed E-state index contributed by atoms with van der Waals surface area (Å²) < 4.78 is 17.2. The van der Waals surface area contributed by atoms with Gasteiger partial charge in [-0.15, -0.1) is 0 Å². The van der Waals surface area contributed by atoms with Gasteiger partial charge < -0.3 is 24.5 Å². The number of hydrogen-bond acceptors (Lipinski definition) is 5. The molecule has 0 fully saturated rings. The van der Waals surface area contributed by atoms with Crippen molar-refractivity contribution < 1.29 is 23.5 Å². The van der Waals surface area contributed by atoms with E-state index in [0.29, 0.717) is 23.7 Å². The Morgan fingerprint density at radius 1 is 0.973 bits per heavy atom. The molecule has 0 spiro atoms. The van der Waals surface area contributed by atoms with E-state index in [-0.39, 0.29) is 11.8 Å². The Morgan fingerprint density at radius 2 is 1.62 bits per heavy atom. The van der Waals surface area contributed by atoms with E-state index < -0.39 is 0 Å². The second-order valence-corrected chi connectivity index (χ2v) is 8.64. The maximum absolute atomic E-state index is 12.8. The van der Waals surface area contributed by atoms with Gasteiger partial charge in [0, 0.05) is 46.5 Å². The van der Waals surface area contributed by atoms with Crippen molar-refractivity contribution in [2.24, 2.45) is 0 Å². The highest BCUT2D eigenvalue weighted by atomic mass is 16.5. The van der Waals surface area contributed by atoms with Crippen molar-refractivity contribution >= 4 is 39.7 Å². The smallest absolute Gasteiger partial charge is 0.248 e. The summed E-state index contributed by atoms with van der Waals surface area (Å²) in [6.07, 6.45) is 3.29. The van der Waals surface area contributed by atoms with Crippen LogP contribution in [0.25, 0.3) is 27.7 Å². The van der Waals surface area contributed by atoms with Crippen molar-refractivity contribution in [1.29, 1.82) is 0 Å². The molecular formula is C30H30N2O5. The van der Waals surface area contributed by atoms with Gasteiger partial charge in [0.2, 0.25) is 11.8 Å².